The quantitative estimate of drug-likeness (QED) is 0.801. The van der Waals surface area contributed by atoms with E-state index in [1.807, 2.05) is 31.5 Å². The van der Waals surface area contributed by atoms with Gasteiger partial charge in [0.25, 0.3) is 0 Å². The summed E-state index contributed by atoms with van der Waals surface area (Å²) in [7, 11) is 1.80. The molecule has 0 saturated heterocycles. The van der Waals surface area contributed by atoms with E-state index in [1.165, 1.54) is 0 Å². The molecule has 0 aliphatic heterocycles. The van der Waals surface area contributed by atoms with Crippen molar-refractivity contribution in [1.82, 2.24) is 14.5 Å². The van der Waals surface area contributed by atoms with Gasteiger partial charge >= 0.3 is 0 Å². The molecule has 1 unspecified atom stereocenters. The standard InChI is InChI=1S/C10H17N3OS/c1-5-12(4)9(14)8(3)13-7(2)6-11-10(13)15/h6,8H,5H2,1-4H3,(H,11,15). The van der Waals surface area contributed by atoms with Gasteiger partial charge in [-0.05, 0) is 33.0 Å². The summed E-state index contributed by atoms with van der Waals surface area (Å²) < 4.78 is 2.43. The third-order valence-electron chi connectivity index (χ3n) is 2.60. The smallest absolute Gasteiger partial charge is 0.245 e. The Bertz CT molecular complexity index is 407. The number of hydrogen-bond acceptors (Lipinski definition) is 2. The number of rotatable bonds is 3. The molecule has 1 atom stereocenters. The van der Waals surface area contributed by atoms with Crippen LogP contribution in [-0.4, -0.2) is 34.0 Å². The van der Waals surface area contributed by atoms with Crippen LogP contribution in [0.15, 0.2) is 6.20 Å². The summed E-state index contributed by atoms with van der Waals surface area (Å²) in [5.41, 5.74) is 0.977. The number of likely N-dealkylation sites (N-methyl/N-ethyl adjacent to an activating group) is 1. The molecular formula is C10H17N3OS. The lowest BCUT2D eigenvalue weighted by atomic mass is 10.3. The number of amides is 1. The normalized spacial score (nSPS) is 12.5. The van der Waals surface area contributed by atoms with Gasteiger partial charge in [0.1, 0.15) is 6.04 Å². The number of carbonyl (C=O) groups is 1. The van der Waals surface area contributed by atoms with E-state index in [0.29, 0.717) is 11.3 Å². The minimum atomic E-state index is -0.242. The van der Waals surface area contributed by atoms with Gasteiger partial charge in [-0.1, -0.05) is 0 Å². The van der Waals surface area contributed by atoms with Crippen LogP contribution < -0.4 is 0 Å². The maximum Gasteiger partial charge on any atom is 0.245 e. The summed E-state index contributed by atoms with van der Waals surface area (Å²) >= 11 is 5.13. The zero-order chi connectivity index (χ0) is 11.6. The first-order chi connectivity index (χ1) is 6.99. The first kappa shape index (κ1) is 12.0. The van der Waals surface area contributed by atoms with Gasteiger partial charge in [-0.3, -0.25) is 4.79 Å². The molecule has 15 heavy (non-hydrogen) atoms. The monoisotopic (exact) mass is 227 g/mol. The lowest BCUT2D eigenvalue weighted by Crippen LogP contribution is -2.33. The van der Waals surface area contributed by atoms with E-state index in [9.17, 15) is 4.79 Å². The van der Waals surface area contributed by atoms with Crippen LogP contribution in [0.5, 0.6) is 0 Å². The van der Waals surface area contributed by atoms with Crippen LogP contribution in [0.25, 0.3) is 0 Å². The Kier molecular flexibility index (Phi) is 3.68. The van der Waals surface area contributed by atoms with Crippen molar-refractivity contribution in [3.63, 3.8) is 0 Å². The molecule has 0 aliphatic rings. The fraction of sp³-hybridized carbons (Fsp3) is 0.600. The number of aromatic amines is 1. The molecule has 0 aliphatic carbocycles. The molecule has 0 spiro atoms. The predicted molar refractivity (Wildman–Crippen MR) is 62.4 cm³/mol. The van der Waals surface area contributed by atoms with Crippen molar-refractivity contribution < 1.29 is 4.79 Å². The average molecular weight is 227 g/mol. The van der Waals surface area contributed by atoms with Gasteiger partial charge in [-0.2, -0.15) is 0 Å². The topological polar surface area (TPSA) is 41.0 Å². The summed E-state index contributed by atoms with van der Waals surface area (Å²) in [6.45, 7) is 6.46. The van der Waals surface area contributed by atoms with Crippen LogP contribution in [0, 0.1) is 11.7 Å². The van der Waals surface area contributed by atoms with E-state index < -0.39 is 0 Å². The molecule has 5 heteroatoms. The van der Waals surface area contributed by atoms with E-state index in [0.717, 1.165) is 5.69 Å². The third-order valence-corrected chi connectivity index (χ3v) is 2.91. The van der Waals surface area contributed by atoms with Crippen molar-refractivity contribution in [3.8, 4) is 0 Å². The van der Waals surface area contributed by atoms with Crippen molar-refractivity contribution in [2.75, 3.05) is 13.6 Å². The van der Waals surface area contributed by atoms with Crippen molar-refractivity contribution in [2.45, 2.75) is 26.8 Å². The van der Waals surface area contributed by atoms with Crippen LogP contribution >= 0.6 is 12.2 Å². The Balaban J connectivity index is 3.00. The highest BCUT2D eigenvalue weighted by atomic mass is 32.1. The summed E-state index contributed by atoms with van der Waals surface area (Å²) in [6.07, 6.45) is 1.82. The number of nitrogens with zero attached hydrogens (tertiary/aromatic N) is 2. The first-order valence-electron chi connectivity index (χ1n) is 5.00. The molecule has 1 aromatic rings. The number of aryl methyl sites for hydroxylation is 1. The van der Waals surface area contributed by atoms with Crippen molar-refractivity contribution >= 4 is 18.1 Å². The summed E-state index contributed by atoms with van der Waals surface area (Å²) in [6, 6.07) is -0.242. The lowest BCUT2D eigenvalue weighted by molar-refractivity contribution is -0.132. The average Bonchev–Trinajstić information content (AvgIpc) is 2.55. The number of imidazole rings is 1. The van der Waals surface area contributed by atoms with Crippen molar-refractivity contribution in [3.05, 3.63) is 16.7 Å². The lowest BCUT2D eigenvalue weighted by Gasteiger charge is -2.21. The number of hydrogen-bond donors (Lipinski definition) is 1. The predicted octanol–water partition coefficient (Wildman–Crippen LogP) is 1.89. The highest BCUT2D eigenvalue weighted by Crippen LogP contribution is 2.13. The van der Waals surface area contributed by atoms with Gasteiger partial charge in [-0.15, -0.1) is 0 Å². The SMILES string of the molecule is CCN(C)C(=O)C(C)n1c(C)c[nH]c1=S. The van der Waals surface area contributed by atoms with E-state index in [1.54, 1.807) is 11.9 Å². The molecule has 84 valence electrons. The van der Waals surface area contributed by atoms with E-state index >= 15 is 0 Å². The Morgan fingerprint density at radius 3 is 2.73 bits per heavy atom. The minimum absolute atomic E-state index is 0.0799. The fourth-order valence-corrected chi connectivity index (χ4v) is 1.89. The fourth-order valence-electron chi connectivity index (χ4n) is 1.53. The van der Waals surface area contributed by atoms with E-state index in [-0.39, 0.29) is 11.9 Å². The Morgan fingerprint density at radius 2 is 2.33 bits per heavy atom. The summed E-state index contributed by atoms with van der Waals surface area (Å²) in [5.74, 6) is 0.0799. The Hall–Kier alpha value is -1.10. The molecular weight excluding hydrogens is 210 g/mol. The van der Waals surface area contributed by atoms with Gasteiger partial charge in [0.15, 0.2) is 4.77 Å². The second-order valence-corrected chi connectivity index (χ2v) is 4.02. The largest absolute Gasteiger partial charge is 0.344 e. The molecule has 1 amide bonds. The Labute approximate surface area is 94.9 Å². The van der Waals surface area contributed by atoms with Gasteiger partial charge in [0.05, 0.1) is 0 Å². The molecule has 1 aromatic heterocycles. The van der Waals surface area contributed by atoms with Gasteiger partial charge < -0.3 is 14.5 Å². The zero-order valence-electron chi connectivity index (χ0n) is 9.57. The second-order valence-electron chi connectivity index (χ2n) is 3.63. The number of aromatic nitrogens is 2. The van der Waals surface area contributed by atoms with Gasteiger partial charge in [0.2, 0.25) is 5.91 Å². The number of carbonyl (C=O) groups excluding carboxylic acids is 1. The zero-order valence-corrected chi connectivity index (χ0v) is 10.4. The summed E-state index contributed by atoms with van der Waals surface area (Å²) in [5, 5.41) is 0. The molecule has 0 radical (unpaired) electrons. The van der Waals surface area contributed by atoms with Gasteiger partial charge in [-0.25, -0.2) is 0 Å². The number of H-pyrrole nitrogens is 1. The highest BCUT2D eigenvalue weighted by molar-refractivity contribution is 7.71. The van der Waals surface area contributed by atoms with Crippen LogP contribution in [0.2, 0.25) is 0 Å². The molecule has 1 heterocycles. The number of nitrogens with one attached hydrogen (secondary N) is 1. The Morgan fingerprint density at radius 1 is 1.73 bits per heavy atom. The van der Waals surface area contributed by atoms with Gasteiger partial charge in [0, 0.05) is 25.5 Å². The molecule has 1 N–H and O–H groups in total. The second kappa shape index (κ2) is 4.61. The minimum Gasteiger partial charge on any atom is -0.344 e. The summed E-state index contributed by atoms with van der Waals surface area (Å²) in [4.78, 5) is 16.6. The van der Waals surface area contributed by atoms with E-state index in [2.05, 4.69) is 4.98 Å². The highest BCUT2D eigenvalue weighted by Gasteiger charge is 2.19. The maximum absolute atomic E-state index is 11.9. The van der Waals surface area contributed by atoms with Crippen molar-refractivity contribution in [1.29, 1.82) is 0 Å². The molecule has 0 aromatic carbocycles. The van der Waals surface area contributed by atoms with E-state index in [4.69, 9.17) is 12.2 Å². The molecule has 4 nitrogen and oxygen atoms in total. The maximum atomic E-state index is 11.9. The van der Waals surface area contributed by atoms with Crippen molar-refractivity contribution in [2.24, 2.45) is 0 Å². The molecule has 0 fully saturated rings. The molecule has 0 bridgehead atoms. The van der Waals surface area contributed by atoms with Crippen LogP contribution in [0.4, 0.5) is 0 Å². The van der Waals surface area contributed by atoms with Crippen LogP contribution in [-0.2, 0) is 4.79 Å². The molecule has 1 rings (SSSR count). The first-order valence-corrected chi connectivity index (χ1v) is 5.41. The third kappa shape index (κ3) is 2.28. The van der Waals surface area contributed by atoms with Crippen LogP contribution in [0.1, 0.15) is 25.6 Å². The van der Waals surface area contributed by atoms with Crippen LogP contribution in [0.3, 0.4) is 0 Å². The molecule has 0 saturated carbocycles.